The second-order valence-electron chi connectivity index (χ2n) is 5.32. The third-order valence-electron chi connectivity index (χ3n) is 3.59. The molecule has 6 heteroatoms. The van der Waals surface area contributed by atoms with Crippen molar-refractivity contribution in [2.75, 3.05) is 12.3 Å². The number of nitrogens with zero attached hydrogens (tertiary/aromatic N) is 1. The van der Waals surface area contributed by atoms with Gasteiger partial charge in [-0.2, -0.15) is 0 Å². The van der Waals surface area contributed by atoms with Crippen molar-refractivity contribution < 1.29 is 4.39 Å². The molecule has 24 heavy (non-hydrogen) atoms. The summed E-state index contributed by atoms with van der Waals surface area (Å²) in [6, 6.07) is 16.7. The van der Waals surface area contributed by atoms with Gasteiger partial charge in [0.15, 0.2) is 0 Å². The fourth-order valence-corrected chi connectivity index (χ4v) is 2.45. The van der Waals surface area contributed by atoms with E-state index in [-0.39, 0.29) is 30.6 Å². The Labute approximate surface area is 153 Å². The molecule has 1 aromatic heterocycles. The van der Waals surface area contributed by atoms with Crippen LogP contribution in [0.1, 0.15) is 11.1 Å². The van der Waals surface area contributed by atoms with Crippen molar-refractivity contribution in [3.05, 3.63) is 71.5 Å². The van der Waals surface area contributed by atoms with Crippen molar-refractivity contribution in [1.82, 2.24) is 10.3 Å². The van der Waals surface area contributed by atoms with E-state index >= 15 is 0 Å². The Kier molecular flexibility index (Phi) is 7.92. The standard InChI is InChI=1S/C18H18FN3.2ClH/c19-16-3-1-2-14(10-16)12-21-9-8-13-4-5-15-6-7-18(20)22-17(15)11-13;;/h1-7,10-11,21H,8-9,12H2,(H2,20,22);2*1H. The maximum Gasteiger partial charge on any atom is 0.124 e. The van der Waals surface area contributed by atoms with Crippen LogP contribution in [0.2, 0.25) is 0 Å². The fourth-order valence-electron chi connectivity index (χ4n) is 2.45. The predicted molar refractivity (Wildman–Crippen MR) is 102 cm³/mol. The number of aromatic nitrogens is 1. The first-order chi connectivity index (χ1) is 10.7. The second kappa shape index (κ2) is 9.42. The van der Waals surface area contributed by atoms with Gasteiger partial charge >= 0.3 is 0 Å². The number of benzene rings is 2. The highest BCUT2D eigenvalue weighted by atomic mass is 35.5. The highest BCUT2D eigenvalue weighted by molar-refractivity contribution is 5.85. The number of hydrogen-bond donors (Lipinski definition) is 2. The summed E-state index contributed by atoms with van der Waals surface area (Å²) in [6.07, 6.45) is 0.891. The molecule has 0 amide bonds. The lowest BCUT2D eigenvalue weighted by Gasteiger charge is -2.06. The van der Waals surface area contributed by atoms with Crippen LogP contribution in [0.5, 0.6) is 0 Å². The number of fused-ring (bicyclic) bond motifs is 1. The number of halogens is 3. The molecule has 0 spiro atoms. The van der Waals surface area contributed by atoms with Crippen LogP contribution >= 0.6 is 24.8 Å². The van der Waals surface area contributed by atoms with E-state index in [0.29, 0.717) is 12.4 Å². The maximum absolute atomic E-state index is 13.1. The first kappa shape index (κ1) is 20.2. The Bertz CT molecular complexity index is 796. The van der Waals surface area contributed by atoms with E-state index in [9.17, 15) is 4.39 Å². The number of nitrogens with two attached hydrogens (primary N) is 1. The average molecular weight is 368 g/mol. The molecule has 0 atom stereocenters. The summed E-state index contributed by atoms with van der Waals surface area (Å²) >= 11 is 0. The Morgan fingerprint density at radius 2 is 1.75 bits per heavy atom. The normalized spacial score (nSPS) is 10.0. The van der Waals surface area contributed by atoms with Gasteiger partial charge in [-0.1, -0.05) is 24.3 Å². The van der Waals surface area contributed by atoms with E-state index in [2.05, 4.69) is 28.5 Å². The topological polar surface area (TPSA) is 50.9 Å². The molecule has 0 aliphatic rings. The van der Waals surface area contributed by atoms with Crippen LogP contribution in [0, 0.1) is 5.82 Å². The van der Waals surface area contributed by atoms with Gasteiger partial charge in [-0.3, -0.25) is 0 Å². The number of nitrogens with one attached hydrogen (secondary N) is 1. The Morgan fingerprint density at radius 3 is 2.54 bits per heavy atom. The van der Waals surface area contributed by atoms with Gasteiger partial charge < -0.3 is 11.1 Å². The number of hydrogen-bond acceptors (Lipinski definition) is 3. The monoisotopic (exact) mass is 367 g/mol. The summed E-state index contributed by atoms with van der Waals surface area (Å²) in [7, 11) is 0. The molecular weight excluding hydrogens is 348 g/mol. The quantitative estimate of drug-likeness (QED) is 0.666. The third-order valence-corrected chi connectivity index (χ3v) is 3.59. The number of anilines is 1. The van der Waals surface area contributed by atoms with Crippen molar-refractivity contribution in [2.45, 2.75) is 13.0 Å². The molecule has 3 aromatic rings. The molecule has 0 fully saturated rings. The van der Waals surface area contributed by atoms with E-state index < -0.39 is 0 Å². The molecule has 1 heterocycles. The van der Waals surface area contributed by atoms with E-state index in [4.69, 9.17) is 5.73 Å². The molecule has 3 nitrogen and oxygen atoms in total. The Morgan fingerprint density at radius 1 is 0.958 bits per heavy atom. The van der Waals surface area contributed by atoms with Crippen molar-refractivity contribution in [3.8, 4) is 0 Å². The van der Waals surface area contributed by atoms with Crippen molar-refractivity contribution >= 4 is 41.5 Å². The van der Waals surface area contributed by atoms with Crippen LogP contribution in [0.15, 0.2) is 54.6 Å². The van der Waals surface area contributed by atoms with Crippen LogP contribution in [0.4, 0.5) is 10.2 Å². The smallest absolute Gasteiger partial charge is 0.124 e. The minimum atomic E-state index is -0.197. The van der Waals surface area contributed by atoms with E-state index in [1.165, 1.54) is 11.6 Å². The Balaban J connectivity index is 0.00000144. The lowest BCUT2D eigenvalue weighted by Crippen LogP contribution is -2.16. The summed E-state index contributed by atoms with van der Waals surface area (Å²) in [5.74, 6) is 0.339. The molecule has 0 aliphatic heterocycles. The molecule has 128 valence electrons. The zero-order valence-electron chi connectivity index (χ0n) is 13.0. The van der Waals surface area contributed by atoms with Gasteiger partial charge in [-0.15, -0.1) is 24.8 Å². The fraction of sp³-hybridized carbons (Fsp3) is 0.167. The molecule has 0 saturated heterocycles. The summed E-state index contributed by atoms with van der Waals surface area (Å²) in [4.78, 5) is 4.34. The molecule has 0 bridgehead atoms. The molecule has 3 N–H and O–H groups in total. The molecule has 0 radical (unpaired) electrons. The Hall–Kier alpha value is -1.88. The van der Waals surface area contributed by atoms with E-state index in [1.54, 1.807) is 12.1 Å². The van der Waals surface area contributed by atoms with Gasteiger partial charge in [-0.25, -0.2) is 9.37 Å². The van der Waals surface area contributed by atoms with Gasteiger partial charge in [0, 0.05) is 11.9 Å². The lowest BCUT2D eigenvalue weighted by atomic mass is 10.1. The molecule has 0 aliphatic carbocycles. The highest BCUT2D eigenvalue weighted by Crippen LogP contribution is 2.15. The van der Waals surface area contributed by atoms with Crippen LogP contribution in [0.25, 0.3) is 10.9 Å². The predicted octanol–water partition coefficient (Wildman–Crippen LogP) is 4.13. The SMILES string of the molecule is Cl.Cl.Nc1ccc2ccc(CCNCc3cccc(F)c3)cc2n1. The maximum atomic E-state index is 13.1. The van der Waals surface area contributed by atoms with Crippen molar-refractivity contribution in [2.24, 2.45) is 0 Å². The van der Waals surface area contributed by atoms with Crippen LogP contribution in [0.3, 0.4) is 0 Å². The molecule has 2 aromatic carbocycles. The van der Waals surface area contributed by atoms with Gasteiger partial charge in [0.2, 0.25) is 0 Å². The number of rotatable bonds is 5. The summed E-state index contributed by atoms with van der Waals surface area (Å²) < 4.78 is 13.1. The van der Waals surface area contributed by atoms with Gasteiger partial charge in [0.25, 0.3) is 0 Å². The van der Waals surface area contributed by atoms with Gasteiger partial charge in [0.1, 0.15) is 11.6 Å². The zero-order valence-corrected chi connectivity index (χ0v) is 14.7. The summed E-state index contributed by atoms with van der Waals surface area (Å²) in [5, 5.41) is 4.41. The third kappa shape index (κ3) is 5.34. The van der Waals surface area contributed by atoms with Crippen molar-refractivity contribution in [1.29, 1.82) is 0 Å². The van der Waals surface area contributed by atoms with Crippen molar-refractivity contribution in [3.63, 3.8) is 0 Å². The van der Waals surface area contributed by atoms with Crippen LogP contribution < -0.4 is 11.1 Å². The minimum Gasteiger partial charge on any atom is -0.384 e. The zero-order chi connectivity index (χ0) is 15.4. The molecule has 3 rings (SSSR count). The van der Waals surface area contributed by atoms with Gasteiger partial charge in [-0.05, 0) is 54.4 Å². The molecular formula is C18H20Cl2FN3. The van der Waals surface area contributed by atoms with Crippen LogP contribution in [-0.4, -0.2) is 11.5 Å². The number of pyridine rings is 1. The molecule has 0 saturated carbocycles. The summed E-state index contributed by atoms with van der Waals surface area (Å²) in [5.41, 5.74) is 8.79. The van der Waals surface area contributed by atoms with Crippen LogP contribution in [-0.2, 0) is 13.0 Å². The first-order valence-corrected chi connectivity index (χ1v) is 7.31. The van der Waals surface area contributed by atoms with E-state index in [1.807, 2.05) is 18.2 Å². The van der Waals surface area contributed by atoms with Gasteiger partial charge in [0.05, 0.1) is 5.52 Å². The first-order valence-electron chi connectivity index (χ1n) is 7.31. The average Bonchev–Trinajstić information content (AvgIpc) is 2.51. The lowest BCUT2D eigenvalue weighted by molar-refractivity contribution is 0.620. The minimum absolute atomic E-state index is 0. The van der Waals surface area contributed by atoms with E-state index in [0.717, 1.165) is 29.4 Å². The number of nitrogen functional groups attached to an aromatic ring is 1. The highest BCUT2D eigenvalue weighted by Gasteiger charge is 2.00. The second-order valence-corrected chi connectivity index (χ2v) is 5.32. The summed E-state index contributed by atoms with van der Waals surface area (Å²) in [6.45, 7) is 1.49. The largest absolute Gasteiger partial charge is 0.384 e. The molecule has 0 unspecified atom stereocenters.